The normalized spacial score (nSPS) is 12.9. The minimum atomic E-state index is -0.118. The molecule has 0 spiro atoms. The molecule has 0 fully saturated rings. The number of aromatic hydroxyl groups is 1. The van der Waals surface area contributed by atoms with Crippen molar-refractivity contribution in [2.24, 2.45) is 0 Å². The van der Waals surface area contributed by atoms with Crippen LogP contribution in [-0.4, -0.2) is 30.9 Å². The second-order valence-electron chi connectivity index (χ2n) is 7.26. The summed E-state index contributed by atoms with van der Waals surface area (Å²) in [6, 6.07) is 7.17. The third-order valence-corrected chi connectivity index (χ3v) is 5.02. The van der Waals surface area contributed by atoms with E-state index in [-0.39, 0.29) is 18.0 Å². The summed E-state index contributed by atoms with van der Waals surface area (Å²) in [6.07, 6.45) is 0.620. The molecular formula is C22H23NO5. The number of hydrogen-bond donors (Lipinski definition) is 1. The van der Waals surface area contributed by atoms with Gasteiger partial charge in [0.2, 0.25) is 12.2 Å². The highest BCUT2D eigenvalue weighted by Gasteiger charge is 2.22. The van der Waals surface area contributed by atoms with Gasteiger partial charge in [-0.15, -0.1) is 0 Å². The molecule has 0 amide bonds. The molecule has 6 heteroatoms. The molecule has 0 aliphatic carbocycles. The van der Waals surface area contributed by atoms with Gasteiger partial charge >= 0.3 is 0 Å². The zero-order chi connectivity index (χ0) is 20.0. The molecule has 2 aromatic carbocycles. The zero-order valence-corrected chi connectivity index (χ0v) is 16.5. The Bertz CT molecular complexity index is 1130. The molecule has 3 aromatic rings. The molecule has 0 unspecified atom stereocenters. The Morgan fingerprint density at radius 1 is 1.14 bits per heavy atom. The smallest absolute Gasteiger partial charge is 0.231 e. The van der Waals surface area contributed by atoms with Crippen molar-refractivity contribution in [3.8, 4) is 28.4 Å². The lowest BCUT2D eigenvalue weighted by Gasteiger charge is -2.17. The Kier molecular flexibility index (Phi) is 4.51. The summed E-state index contributed by atoms with van der Waals surface area (Å²) < 4.78 is 16.9. The molecule has 1 N–H and O–H groups in total. The van der Waals surface area contributed by atoms with E-state index in [1.54, 1.807) is 25.1 Å². The number of hydrogen-bond acceptors (Lipinski definition) is 6. The number of phenols is 1. The monoisotopic (exact) mass is 381 g/mol. The van der Waals surface area contributed by atoms with Crippen molar-refractivity contribution in [3.05, 3.63) is 51.4 Å². The van der Waals surface area contributed by atoms with Crippen LogP contribution in [0.1, 0.15) is 23.8 Å². The van der Waals surface area contributed by atoms with Gasteiger partial charge in [0.15, 0.2) is 11.5 Å². The van der Waals surface area contributed by atoms with Gasteiger partial charge in [0.25, 0.3) is 0 Å². The molecule has 0 atom stereocenters. The zero-order valence-electron chi connectivity index (χ0n) is 16.5. The van der Waals surface area contributed by atoms with Gasteiger partial charge in [-0.3, -0.25) is 4.79 Å². The number of phenolic OH excluding ortho intramolecular Hbond substituents is 1. The first kappa shape index (κ1) is 18.4. The largest absolute Gasteiger partial charge is 0.507 e. The van der Waals surface area contributed by atoms with Crippen LogP contribution in [0.25, 0.3) is 22.1 Å². The fraction of sp³-hybridized carbons (Fsp3) is 0.318. The van der Waals surface area contributed by atoms with Crippen LogP contribution in [0.3, 0.4) is 0 Å². The summed E-state index contributed by atoms with van der Waals surface area (Å²) in [4.78, 5) is 15.4. The van der Waals surface area contributed by atoms with Gasteiger partial charge in [0.1, 0.15) is 17.1 Å². The molecule has 6 nitrogen and oxygen atoms in total. The lowest BCUT2D eigenvalue weighted by molar-refractivity contribution is 0.174. The summed E-state index contributed by atoms with van der Waals surface area (Å²) in [7, 11) is 3.83. The van der Waals surface area contributed by atoms with Crippen LogP contribution in [-0.2, 0) is 13.0 Å². The van der Waals surface area contributed by atoms with E-state index in [1.807, 2.05) is 32.0 Å². The van der Waals surface area contributed by atoms with Crippen LogP contribution in [0.5, 0.6) is 17.2 Å². The summed E-state index contributed by atoms with van der Waals surface area (Å²) in [6.45, 7) is 4.37. The first-order valence-electron chi connectivity index (χ1n) is 9.26. The number of ether oxygens (including phenoxy) is 2. The van der Waals surface area contributed by atoms with Crippen LogP contribution in [0, 0.1) is 6.92 Å². The molecule has 0 saturated heterocycles. The van der Waals surface area contributed by atoms with Gasteiger partial charge in [0.05, 0.1) is 16.5 Å². The molecule has 4 rings (SSSR count). The highest BCUT2D eigenvalue weighted by Crippen LogP contribution is 2.38. The minimum absolute atomic E-state index is 0.118. The number of fused-ring (bicyclic) bond motifs is 2. The SMILES string of the molecule is CCc1cc2c(=O)c(-c3ccc4c(c3)OCO4)c(C)oc2c(CN(C)C)c1O. The van der Waals surface area contributed by atoms with Gasteiger partial charge in [-0.05, 0) is 56.8 Å². The van der Waals surface area contributed by atoms with Crippen molar-refractivity contribution in [3.63, 3.8) is 0 Å². The molecular weight excluding hydrogens is 358 g/mol. The number of benzene rings is 2. The minimum Gasteiger partial charge on any atom is -0.507 e. The van der Waals surface area contributed by atoms with Gasteiger partial charge in [-0.25, -0.2) is 0 Å². The summed E-state index contributed by atoms with van der Waals surface area (Å²) in [5, 5.41) is 11.2. The second kappa shape index (κ2) is 6.87. The Balaban J connectivity index is 2.00. The van der Waals surface area contributed by atoms with Crippen LogP contribution >= 0.6 is 0 Å². The topological polar surface area (TPSA) is 72.1 Å². The van der Waals surface area contributed by atoms with Gasteiger partial charge in [0, 0.05) is 6.54 Å². The number of rotatable bonds is 4. The molecule has 0 radical (unpaired) electrons. The van der Waals surface area contributed by atoms with E-state index in [1.165, 1.54) is 0 Å². The van der Waals surface area contributed by atoms with Gasteiger partial charge in [-0.2, -0.15) is 0 Å². The van der Waals surface area contributed by atoms with E-state index >= 15 is 0 Å². The standard InChI is InChI=1S/C22H23NO5/c1-5-13-8-15-21(25)19(14-6-7-17-18(9-14)27-11-26-17)12(2)28-22(15)16(20(13)24)10-23(3)4/h6-9,24H,5,10-11H2,1-4H3. The molecule has 1 aliphatic heterocycles. The van der Waals surface area contributed by atoms with Gasteiger partial charge < -0.3 is 23.9 Å². The second-order valence-corrected chi connectivity index (χ2v) is 7.26. The molecule has 0 saturated carbocycles. The maximum Gasteiger partial charge on any atom is 0.231 e. The lowest BCUT2D eigenvalue weighted by Crippen LogP contribution is -2.14. The summed E-state index contributed by atoms with van der Waals surface area (Å²) >= 11 is 0. The maximum atomic E-state index is 13.4. The Labute approximate surface area is 162 Å². The van der Waals surface area contributed by atoms with E-state index in [0.717, 1.165) is 11.1 Å². The molecule has 1 aliphatic rings. The van der Waals surface area contributed by atoms with Crippen molar-refractivity contribution in [1.82, 2.24) is 4.90 Å². The molecule has 28 heavy (non-hydrogen) atoms. The molecule has 0 bridgehead atoms. The predicted octanol–water partition coefficient (Wildman–Crippen LogP) is 3.83. The van der Waals surface area contributed by atoms with Gasteiger partial charge in [-0.1, -0.05) is 13.0 Å². The predicted molar refractivity (Wildman–Crippen MR) is 107 cm³/mol. The lowest BCUT2D eigenvalue weighted by atomic mass is 9.97. The first-order valence-corrected chi connectivity index (χ1v) is 9.26. The quantitative estimate of drug-likeness (QED) is 0.741. The van der Waals surface area contributed by atoms with Crippen LogP contribution in [0.4, 0.5) is 0 Å². The van der Waals surface area contributed by atoms with E-state index in [4.69, 9.17) is 13.9 Å². The van der Waals surface area contributed by atoms with E-state index in [9.17, 15) is 9.90 Å². The fourth-order valence-electron chi connectivity index (χ4n) is 3.67. The average molecular weight is 381 g/mol. The summed E-state index contributed by atoms with van der Waals surface area (Å²) in [5.74, 6) is 1.98. The Morgan fingerprint density at radius 2 is 1.89 bits per heavy atom. The van der Waals surface area contributed by atoms with Crippen molar-refractivity contribution in [1.29, 1.82) is 0 Å². The van der Waals surface area contributed by atoms with Crippen molar-refractivity contribution < 1.29 is 19.0 Å². The van der Waals surface area contributed by atoms with E-state index < -0.39 is 0 Å². The Hall–Kier alpha value is -2.99. The first-order chi connectivity index (χ1) is 13.4. The van der Waals surface area contributed by atoms with Crippen molar-refractivity contribution >= 4 is 11.0 Å². The molecule has 1 aromatic heterocycles. The van der Waals surface area contributed by atoms with Crippen LogP contribution in [0.2, 0.25) is 0 Å². The van der Waals surface area contributed by atoms with Crippen LogP contribution < -0.4 is 14.9 Å². The fourth-order valence-corrected chi connectivity index (χ4v) is 3.67. The average Bonchev–Trinajstić information content (AvgIpc) is 3.12. The molecule has 146 valence electrons. The molecule has 2 heterocycles. The highest BCUT2D eigenvalue weighted by atomic mass is 16.7. The van der Waals surface area contributed by atoms with E-state index in [0.29, 0.717) is 52.3 Å². The van der Waals surface area contributed by atoms with Crippen molar-refractivity contribution in [2.75, 3.05) is 20.9 Å². The Morgan fingerprint density at radius 3 is 2.61 bits per heavy atom. The highest BCUT2D eigenvalue weighted by molar-refractivity contribution is 5.88. The summed E-state index contributed by atoms with van der Waals surface area (Å²) in [5.41, 5.74) is 2.91. The maximum absolute atomic E-state index is 13.4. The number of nitrogens with zero attached hydrogens (tertiary/aromatic N) is 1. The van der Waals surface area contributed by atoms with Crippen molar-refractivity contribution in [2.45, 2.75) is 26.8 Å². The third-order valence-electron chi connectivity index (χ3n) is 5.02. The van der Waals surface area contributed by atoms with Crippen LogP contribution in [0.15, 0.2) is 33.5 Å². The number of aryl methyl sites for hydroxylation is 2. The third kappa shape index (κ3) is 2.90. The van der Waals surface area contributed by atoms with E-state index in [2.05, 4.69) is 0 Å².